The molecule has 1 amide bonds. The van der Waals surface area contributed by atoms with Crippen molar-refractivity contribution in [2.24, 2.45) is 11.8 Å². The molecular formula is C30H31N5O. The van der Waals surface area contributed by atoms with Gasteiger partial charge in [0.2, 0.25) is 5.91 Å². The smallest absolute Gasteiger partial charge is 0.224 e. The van der Waals surface area contributed by atoms with Crippen molar-refractivity contribution in [3.05, 3.63) is 66.5 Å². The van der Waals surface area contributed by atoms with Crippen LogP contribution in [0.25, 0.3) is 33.5 Å². The maximum absolute atomic E-state index is 12.5. The van der Waals surface area contributed by atoms with E-state index in [0.29, 0.717) is 24.2 Å². The third-order valence-electron chi connectivity index (χ3n) is 7.83. The lowest BCUT2D eigenvalue weighted by atomic mass is 9.92. The maximum Gasteiger partial charge on any atom is 0.224 e. The summed E-state index contributed by atoms with van der Waals surface area (Å²) in [4.78, 5) is 21.4. The van der Waals surface area contributed by atoms with E-state index in [4.69, 9.17) is 5.41 Å². The number of anilines is 1. The highest BCUT2D eigenvalue weighted by atomic mass is 16.1. The van der Waals surface area contributed by atoms with Gasteiger partial charge in [-0.25, -0.2) is 9.97 Å². The monoisotopic (exact) mass is 477 g/mol. The molecule has 2 aliphatic rings. The number of hydrogen-bond acceptors (Lipinski definition) is 4. The summed E-state index contributed by atoms with van der Waals surface area (Å²) >= 11 is 0. The zero-order chi connectivity index (χ0) is 24.6. The van der Waals surface area contributed by atoms with Crippen molar-refractivity contribution in [2.75, 3.05) is 5.32 Å². The highest BCUT2D eigenvalue weighted by Crippen LogP contribution is 2.43. The van der Waals surface area contributed by atoms with Crippen LogP contribution in [0.3, 0.4) is 0 Å². The van der Waals surface area contributed by atoms with Crippen molar-refractivity contribution < 1.29 is 4.79 Å². The molecule has 182 valence electrons. The summed E-state index contributed by atoms with van der Waals surface area (Å²) < 4.78 is 2.41. The lowest BCUT2D eigenvalue weighted by Gasteiger charge is -2.30. The lowest BCUT2D eigenvalue weighted by molar-refractivity contribution is -0.117. The van der Waals surface area contributed by atoms with Crippen LogP contribution in [0.5, 0.6) is 0 Å². The first-order valence-corrected chi connectivity index (χ1v) is 13.0. The molecule has 2 aliphatic carbocycles. The number of rotatable bonds is 8. The van der Waals surface area contributed by atoms with Gasteiger partial charge in [0.1, 0.15) is 0 Å². The summed E-state index contributed by atoms with van der Waals surface area (Å²) in [6.45, 7) is 2.17. The van der Waals surface area contributed by atoms with Gasteiger partial charge in [-0.3, -0.25) is 4.79 Å². The molecule has 36 heavy (non-hydrogen) atoms. The molecule has 4 aromatic rings. The van der Waals surface area contributed by atoms with Gasteiger partial charge >= 0.3 is 0 Å². The molecule has 0 spiro atoms. The van der Waals surface area contributed by atoms with E-state index in [1.54, 1.807) is 12.4 Å². The molecule has 6 rings (SSSR count). The zero-order valence-electron chi connectivity index (χ0n) is 20.6. The number of hydrogen-bond donors (Lipinski definition) is 2. The first-order valence-electron chi connectivity index (χ1n) is 13.0. The largest absolute Gasteiger partial charge is 0.337 e. The van der Waals surface area contributed by atoms with Crippen LogP contribution < -0.4 is 5.32 Å². The molecule has 2 aromatic carbocycles. The van der Waals surface area contributed by atoms with Gasteiger partial charge in [0.15, 0.2) is 5.82 Å². The number of nitrogens with one attached hydrogen (secondary N) is 2. The fourth-order valence-corrected chi connectivity index (χ4v) is 5.44. The van der Waals surface area contributed by atoms with E-state index in [9.17, 15) is 4.79 Å². The number of nitrogens with zero attached hydrogens (tertiary/aromatic N) is 3. The molecule has 6 heteroatoms. The highest BCUT2D eigenvalue weighted by Gasteiger charge is 2.29. The van der Waals surface area contributed by atoms with Crippen molar-refractivity contribution in [1.82, 2.24) is 14.5 Å². The van der Waals surface area contributed by atoms with Crippen molar-refractivity contribution >= 4 is 28.7 Å². The molecule has 0 saturated heterocycles. The first kappa shape index (κ1) is 22.7. The Hall–Kier alpha value is -3.80. The molecule has 1 atom stereocenters. The second kappa shape index (κ2) is 9.34. The molecule has 2 aromatic heterocycles. The third kappa shape index (κ3) is 4.21. The predicted octanol–water partition coefficient (Wildman–Crippen LogP) is 6.86. The van der Waals surface area contributed by atoms with E-state index < -0.39 is 0 Å². The van der Waals surface area contributed by atoms with Crippen molar-refractivity contribution in [1.29, 1.82) is 5.41 Å². The van der Waals surface area contributed by atoms with Gasteiger partial charge in [-0.1, -0.05) is 31.2 Å². The Bertz CT molecular complexity index is 1420. The third-order valence-corrected chi connectivity index (χ3v) is 7.83. The van der Waals surface area contributed by atoms with E-state index in [2.05, 4.69) is 51.0 Å². The van der Waals surface area contributed by atoms with E-state index in [-0.39, 0.29) is 5.91 Å². The van der Waals surface area contributed by atoms with E-state index in [1.807, 2.05) is 24.3 Å². The summed E-state index contributed by atoms with van der Waals surface area (Å²) in [5.41, 5.74) is 5.95. The number of carbonyl (C=O) groups excluding carboxylic acids is 1. The zero-order valence-corrected chi connectivity index (χ0v) is 20.6. The van der Waals surface area contributed by atoms with Gasteiger partial charge in [0, 0.05) is 53.3 Å². The van der Waals surface area contributed by atoms with Crippen molar-refractivity contribution in [2.45, 2.75) is 51.5 Å². The van der Waals surface area contributed by atoms with Gasteiger partial charge in [0.25, 0.3) is 0 Å². The Balaban J connectivity index is 1.37. The predicted molar refractivity (Wildman–Crippen MR) is 144 cm³/mol. The maximum atomic E-state index is 12.5. The normalized spacial score (nSPS) is 16.5. The summed E-state index contributed by atoms with van der Waals surface area (Å²) in [5.74, 6) is 1.96. The Morgan fingerprint density at radius 1 is 1.08 bits per heavy atom. The minimum atomic E-state index is 0.0848. The standard InChI is InChI=1S/C30H31N5O/c1-19(20-6-7-20)16-28(36)34-23-11-8-21(9-12-23)29-26(18-31)25-13-10-22(30-32-14-3-15-33-30)17-27(25)35(29)24-4-2-5-24/h3,8-15,17-20,24,31H,2,4-7,16H2,1H3,(H,34,36)/t19-/m0/s1. The van der Waals surface area contributed by atoms with Crippen LogP contribution in [-0.2, 0) is 4.79 Å². The van der Waals surface area contributed by atoms with Crippen LogP contribution in [0.4, 0.5) is 5.69 Å². The van der Waals surface area contributed by atoms with E-state index in [1.165, 1.54) is 25.5 Å². The number of aromatic nitrogens is 3. The van der Waals surface area contributed by atoms with Crippen molar-refractivity contribution in [3.63, 3.8) is 0 Å². The summed E-state index contributed by atoms with van der Waals surface area (Å²) in [7, 11) is 0. The molecule has 0 bridgehead atoms. The molecule has 2 fully saturated rings. The second-order valence-electron chi connectivity index (χ2n) is 10.3. The minimum absolute atomic E-state index is 0.0848. The van der Waals surface area contributed by atoms with Crippen LogP contribution in [0, 0.1) is 17.2 Å². The molecule has 2 N–H and O–H groups in total. The average Bonchev–Trinajstić information content (AvgIpc) is 3.67. The van der Waals surface area contributed by atoms with Gasteiger partial charge in [-0.2, -0.15) is 0 Å². The number of benzene rings is 2. The fourth-order valence-electron chi connectivity index (χ4n) is 5.44. The number of carbonyl (C=O) groups is 1. The average molecular weight is 478 g/mol. The highest BCUT2D eigenvalue weighted by molar-refractivity contribution is 6.06. The van der Waals surface area contributed by atoms with Gasteiger partial charge in [-0.15, -0.1) is 0 Å². The quantitative estimate of drug-likeness (QED) is 0.272. The second-order valence-corrected chi connectivity index (χ2v) is 10.3. The molecule has 0 aliphatic heterocycles. The molecule has 6 nitrogen and oxygen atoms in total. The molecule has 2 saturated carbocycles. The van der Waals surface area contributed by atoms with Gasteiger partial charge in [0.05, 0.1) is 11.2 Å². The Kier molecular flexibility index (Phi) is 5.88. The van der Waals surface area contributed by atoms with Gasteiger partial charge in [-0.05, 0) is 73.8 Å². The summed E-state index contributed by atoms with van der Waals surface area (Å²) in [5, 5.41) is 12.4. The van der Waals surface area contributed by atoms with Crippen LogP contribution in [-0.4, -0.2) is 26.7 Å². The molecule has 0 unspecified atom stereocenters. The Morgan fingerprint density at radius 3 is 2.44 bits per heavy atom. The summed E-state index contributed by atoms with van der Waals surface area (Å²) in [6, 6.07) is 16.6. The Labute approximate surface area is 211 Å². The molecule has 0 radical (unpaired) electrons. The minimum Gasteiger partial charge on any atom is -0.337 e. The topological polar surface area (TPSA) is 83.7 Å². The van der Waals surface area contributed by atoms with Crippen LogP contribution >= 0.6 is 0 Å². The molecule has 2 heterocycles. The SMILES string of the molecule is C[C@@H](CC(=O)Nc1ccc(-c2c(C=N)c3ccc(-c4ncccn4)cc3n2C2CCC2)cc1)C1CC1. The van der Waals surface area contributed by atoms with E-state index >= 15 is 0 Å². The van der Waals surface area contributed by atoms with Crippen LogP contribution in [0.15, 0.2) is 60.9 Å². The first-order chi connectivity index (χ1) is 17.6. The van der Waals surface area contributed by atoms with E-state index in [0.717, 1.165) is 57.7 Å². The Morgan fingerprint density at radius 2 is 1.81 bits per heavy atom. The van der Waals surface area contributed by atoms with Crippen LogP contribution in [0.1, 0.15) is 57.1 Å². The molecular weight excluding hydrogens is 446 g/mol. The fraction of sp³-hybridized carbons (Fsp3) is 0.333. The lowest BCUT2D eigenvalue weighted by Crippen LogP contribution is -2.18. The summed E-state index contributed by atoms with van der Waals surface area (Å²) in [6.07, 6.45) is 11.6. The van der Waals surface area contributed by atoms with Crippen LogP contribution in [0.2, 0.25) is 0 Å². The van der Waals surface area contributed by atoms with Crippen molar-refractivity contribution in [3.8, 4) is 22.6 Å². The number of amides is 1. The van der Waals surface area contributed by atoms with Gasteiger partial charge < -0.3 is 15.3 Å². The number of fused-ring (bicyclic) bond motifs is 1.